The molecule has 0 aliphatic heterocycles. The first-order chi connectivity index (χ1) is 15.7. The van der Waals surface area contributed by atoms with Crippen LogP contribution in [0.25, 0.3) is 10.9 Å². The van der Waals surface area contributed by atoms with E-state index in [0.717, 1.165) is 17.5 Å². The monoisotopic (exact) mass is 462 g/mol. The summed E-state index contributed by atoms with van der Waals surface area (Å²) < 4.78 is 58.0. The standard InChI is InChI=1S/C23H22F4N4O2/c1-12(22(32)29-20-5-7-31(30-20)11-23(25,26)27)21-15-9-14(10-16(15)21)33-19-4-6-28-18-3-2-13(24)8-17(18)19/h2-8,12,14-16,21H,9-11H2,1H3,(H,29,30,32)/t12?,14-,15+,16-,21-. The van der Waals surface area contributed by atoms with Gasteiger partial charge in [-0.3, -0.25) is 14.5 Å². The van der Waals surface area contributed by atoms with Gasteiger partial charge < -0.3 is 10.1 Å². The van der Waals surface area contributed by atoms with E-state index in [1.165, 1.54) is 24.4 Å². The number of aromatic nitrogens is 3. The number of nitrogens with one attached hydrogen (secondary N) is 1. The highest BCUT2D eigenvalue weighted by Crippen LogP contribution is 2.61. The van der Waals surface area contributed by atoms with E-state index in [9.17, 15) is 22.4 Å². The summed E-state index contributed by atoms with van der Waals surface area (Å²) >= 11 is 0. The second-order valence-electron chi connectivity index (χ2n) is 8.88. The number of nitrogens with zero attached hydrogens (tertiary/aromatic N) is 3. The molecule has 2 aromatic heterocycles. The first kappa shape index (κ1) is 21.7. The van der Waals surface area contributed by atoms with Gasteiger partial charge in [0.2, 0.25) is 5.91 Å². The molecular weight excluding hydrogens is 440 g/mol. The van der Waals surface area contributed by atoms with Gasteiger partial charge in [-0.05, 0) is 54.9 Å². The third-order valence-electron chi connectivity index (χ3n) is 6.65. The van der Waals surface area contributed by atoms with Crippen LogP contribution in [0.3, 0.4) is 0 Å². The van der Waals surface area contributed by atoms with Crippen LogP contribution in [-0.4, -0.2) is 33.0 Å². The number of ether oxygens (including phenoxy) is 1. The minimum Gasteiger partial charge on any atom is -0.490 e. The average Bonchev–Trinajstić information content (AvgIpc) is 3.05. The lowest BCUT2D eigenvalue weighted by atomic mass is 9.97. The molecule has 1 N–H and O–H groups in total. The highest BCUT2D eigenvalue weighted by Gasteiger charge is 2.59. The molecule has 1 amide bonds. The van der Waals surface area contributed by atoms with Crippen molar-refractivity contribution < 1.29 is 27.1 Å². The maximum absolute atomic E-state index is 13.7. The van der Waals surface area contributed by atoms with E-state index in [2.05, 4.69) is 15.4 Å². The maximum Gasteiger partial charge on any atom is 0.408 e. The summed E-state index contributed by atoms with van der Waals surface area (Å²) in [5.74, 6) is 0.727. The third-order valence-corrected chi connectivity index (χ3v) is 6.65. The van der Waals surface area contributed by atoms with Gasteiger partial charge in [0.05, 0.1) is 11.6 Å². The Kier molecular flexibility index (Phi) is 5.25. The van der Waals surface area contributed by atoms with Crippen LogP contribution in [0.15, 0.2) is 42.7 Å². The second-order valence-corrected chi connectivity index (χ2v) is 8.88. The number of carbonyl (C=O) groups excluding carboxylic acids is 1. The molecule has 1 aromatic carbocycles. The Morgan fingerprint density at radius 1 is 1.24 bits per heavy atom. The summed E-state index contributed by atoms with van der Waals surface area (Å²) in [6.45, 7) is 0.631. The molecule has 0 bridgehead atoms. The van der Waals surface area contributed by atoms with Crippen LogP contribution < -0.4 is 10.1 Å². The molecular formula is C23H22F4N4O2. The Bertz CT molecular complexity index is 1180. The predicted octanol–water partition coefficient (Wildman–Crippen LogP) is 4.81. The van der Waals surface area contributed by atoms with E-state index in [1.54, 1.807) is 18.3 Å². The van der Waals surface area contributed by atoms with Gasteiger partial charge in [-0.1, -0.05) is 6.92 Å². The number of anilines is 1. The lowest BCUT2D eigenvalue weighted by Crippen LogP contribution is -2.26. The number of carbonyl (C=O) groups is 1. The number of fused-ring (bicyclic) bond motifs is 2. The lowest BCUT2D eigenvalue weighted by molar-refractivity contribution is -0.142. The molecule has 33 heavy (non-hydrogen) atoms. The summed E-state index contributed by atoms with van der Waals surface area (Å²) in [6.07, 6.45) is 0.0330. The Hall–Kier alpha value is -3.17. The fourth-order valence-electron chi connectivity index (χ4n) is 5.17. The zero-order chi connectivity index (χ0) is 23.3. The number of alkyl halides is 3. The summed E-state index contributed by atoms with van der Waals surface area (Å²) in [7, 11) is 0. The molecule has 2 saturated carbocycles. The van der Waals surface area contributed by atoms with Crippen LogP contribution in [0.5, 0.6) is 5.75 Å². The van der Waals surface area contributed by atoms with Crippen LogP contribution >= 0.6 is 0 Å². The minimum absolute atomic E-state index is 0.0153. The summed E-state index contributed by atoms with van der Waals surface area (Å²) in [5, 5.41) is 7.03. The SMILES string of the molecule is CC(C(=O)Nc1ccn(CC(F)(F)F)n1)[C@H]1[C@@H]2C[C@H](Oc3ccnc4ccc(F)cc34)C[C@@H]21. The summed E-state index contributed by atoms with van der Waals surface area (Å²) in [4.78, 5) is 16.8. The molecule has 6 nitrogen and oxygen atoms in total. The molecule has 2 aliphatic rings. The smallest absolute Gasteiger partial charge is 0.408 e. The molecule has 174 valence electrons. The van der Waals surface area contributed by atoms with Crippen LogP contribution in [-0.2, 0) is 11.3 Å². The van der Waals surface area contributed by atoms with Crippen molar-refractivity contribution in [3.05, 3.63) is 48.5 Å². The molecule has 2 aliphatic carbocycles. The van der Waals surface area contributed by atoms with Gasteiger partial charge in [0, 0.05) is 29.8 Å². The Labute approximate surface area is 186 Å². The highest BCUT2D eigenvalue weighted by atomic mass is 19.4. The largest absolute Gasteiger partial charge is 0.490 e. The molecule has 3 aromatic rings. The highest BCUT2D eigenvalue weighted by molar-refractivity contribution is 5.92. The maximum atomic E-state index is 13.7. The van der Waals surface area contributed by atoms with E-state index in [4.69, 9.17) is 4.74 Å². The van der Waals surface area contributed by atoms with Crippen molar-refractivity contribution in [2.24, 2.45) is 23.7 Å². The second kappa shape index (κ2) is 8.00. The van der Waals surface area contributed by atoms with Crippen LogP contribution in [0, 0.1) is 29.5 Å². The fourth-order valence-corrected chi connectivity index (χ4v) is 5.17. The van der Waals surface area contributed by atoms with Crippen LogP contribution in [0.2, 0.25) is 0 Å². The average molecular weight is 462 g/mol. The molecule has 2 fully saturated rings. The van der Waals surface area contributed by atoms with Gasteiger partial charge in [0.1, 0.15) is 18.1 Å². The van der Waals surface area contributed by atoms with E-state index < -0.39 is 12.7 Å². The van der Waals surface area contributed by atoms with Crippen molar-refractivity contribution in [3.8, 4) is 5.75 Å². The Morgan fingerprint density at radius 3 is 2.73 bits per heavy atom. The zero-order valence-electron chi connectivity index (χ0n) is 17.7. The van der Waals surface area contributed by atoms with Gasteiger partial charge in [-0.2, -0.15) is 18.3 Å². The van der Waals surface area contributed by atoms with Crippen molar-refractivity contribution in [2.75, 3.05) is 5.32 Å². The lowest BCUT2D eigenvalue weighted by Gasteiger charge is -2.20. The van der Waals surface area contributed by atoms with Crippen LogP contribution in [0.4, 0.5) is 23.4 Å². The minimum atomic E-state index is -4.37. The molecule has 5 rings (SSSR count). The van der Waals surface area contributed by atoms with Gasteiger partial charge in [-0.25, -0.2) is 4.39 Å². The molecule has 10 heteroatoms. The fraction of sp³-hybridized carbons (Fsp3) is 0.435. The van der Waals surface area contributed by atoms with Crippen molar-refractivity contribution >= 4 is 22.6 Å². The third kappa shape index (κ3) is 4.51. The zero-order valence-corrected chi connectivity index (χ0v) is 17.7. The van der Waals surface area contributed by atoms with Crippen molar-refractivity contribution in [2.45, 2.75) is 38.6 Å². The molecule has 2 heterocycles. The topological polar surface area (TPSA) is 69.0 Å². The van der Waals surface area contributed by atoms with Gasteiger partial charge in [-0.15, -0.1) is 0 Å². The van der Waals surface area contributed by atoms with Crippen LogP contribution in [0.1, 0.15) is 19.8 Å². The van der Waals surface area contributed by atoms with Crippen molar-refractivity contribution in [1.29, 1.82) is 0 Å². The number of amides is 1. The molecule has 5 atom stereocenters. The van der Waals surface area contributed by atoms with Gasteiger partial charge in [0.25, 0.3) is 0 Å². The quantitative estimate of drug-likeness (QED) is 0.534. The molecule has 0 radical (unpaired) electrons. The molecule has 0 spiro atoms. The number of hydrogen-bond acceptors (Lipinski definition) is 4. The van der Waals surface area contributed by atoms with E-state index >= 15 is 0 Å². The van der Waals surface area contributed by atoms with E-state index in [0.29, 0.717) is 28.5 Å². The number of halogens is 4. The number of pyridine rings is 1. The number of hydrogen-bond donors (Lipinski definition) is 1. The predicted molar refractivity (Wildman–Crippen MR) is 112 cm³/mol. The number of rotatable bonds is 6. The summed E-state index contributed by atoms with van der Waals surface area (Å²) in [6, 6.07) is 7.49. The number of benzene rings is 1. The molecule has 1 unspecified atom stereocenters. The Morgan fingerprint density at radius 2 is 2.00 bits per heavy atom. The van der Waals surface area contributed by atoms with Crippen molar-refractivity contribution in [1.82, 2.24) is 14.8 Å². The Balaban J connectivity index is 1.16. The van der Waals surface area contributed by atoms with Gasteiger partial charge in [0.15, 0.2) is 5.82 Å². The first-order valence-electron chi connectivity index (χ1n) is 10.8. The van der Waals surface area contributed by atoms with Gasteiger partial charge >= 0.3 is 6.18 Å². The van der Waals surface area contributed by atoms with Crippen molar-refractivity contribution in [3.63, 3.8) is 0 Å². The summed E-state index contributed by atoms with van der Waals surface area (Å²) in [5.41, 5.74) is 0.665. The van der Waals surface area contributed by atoms with E-state index in [-0.39, 0.29) is 35.5 Å². The molecule has 0 saturated heterocycles. The normalized spacial score (nSPS) is 25.0. The first-order valence-corrected chi connectivity index (χ1v) is 10.8. The van der Waals surface area contributed by atoms with E-state index in [1.807, 2.05) is 6.92 Å².